The maximum atomic E-state index is 12.6. The number of rotatable bonds is 6. The molecule has 150 valence electrons. The summed E-state index contributed by atoms with van der Waals surface area (Å²) < 4.78 is 28.7. The highest BCUT2D eigenvalue weighted by molar-refractivity contribution is 7.87. The first-order valence-corrected chi connectivity index (χ1v) is 10.3. The molecule has 0 aromatic carbocycles. The molecule has 2 aromatic rings. The second kappa shape index (κ2) is 8.21. The van der Waals surface area contributed by atoms with Crippen molar-refractivity contribution in [1.29, 1.82) is 0 Å². The average Bonchev–Trinajstić information content (AvgIpc) is 2.67. The summed E-state index contributed by atoms with van der Waals surface area (Å²) in [7, 11) is -0.615. The Labute approximate surface area is 163 Å². The predicted octanol–water partition coefficient (Wildman–Crippen LogP) is -0.276. The fourth-order valence-corrected chi connectivity index (χ4v) is 3.53. The minimum atomic E-state index is -3.52. The molecule has 10 heteroatoms. The van der Waals surface area contributed by atoms with Crippen LogP contribution in [-0.4, -0.2) is 53.7 Å². The first-order chi connectivity index (χ1) is 13.3. The van der Waals surface area contributed by atoms with Gasteiger partial charge in [-0.3, -0.25) is 14.6 Å². The summed E-state index contributed by atoms with van der Waals surface area (Å²) >= 11 is 0. The third kappa shape index (κ3) is 4.64. The van der Waals surface area contributed by atoms with Crippen LogP contribution in [0.5, 0.6) is 0 Å². The Morgan fingerprint density at radius 1 is 1.32 bits per heavy atom. The van der Waals surface area contributed by atoms with Gasteiger partial charge in [-0.25, -0.2) is 0 Å². The molecule has 0 saturated heterocycles. The van der Waals surface area contributed by atoms with Gasteiger partial charge in [0.15, 0.2) is 0 Å². The van der Waals surface area contributed by atoms with Crippen molar-refractivity contribution in [3.05, 3.63) is 63.8 Å². The number of fused-ring (bicyclic) bond motifs is 1. The Kier molecular flexibility index (Phi) is 5.92. The van der Waals surface area contributed by atoms with Crippen molar-refractivity contribution in [1.82, 2.24) is 23.5 Å². The molecule has 3 rings (SSSR count). The van der Waals surface area contributed by atoms with Crippen LogP contribution in [-0.2, 0) is 41.1 Å². The fraction of sp³-hybridized carbons (Fsp3) is 0.389. The second-order valence-corrected chi connectivity index (χ2v) is 8.76. The van der Waals surface area contributed by atoms with Gasteiger partial charge in [0.05, 0.1) is 0 Å². The molecule has 0 fully saturated rings. The van der Waals surface area contributed by atoms with E-state index in [4.69, 9.17) is 0 Å². The molecule has 9 nitrogen and oxygen atoms in total. The zero-order valence-electron chi connectivity index (χ0n) is 15.8. The van der Waals surface area contributed by atoms with E-state index in [-0.39, 0.29) is 24.6 Å². The molecule has 1 aliphatic rings. The van der Waals surface area contributed by atoms with Gasteiger partial charge in [0.25, 0.3) is 15.8 Å². The van der Waals surface area contributed by atoms with Gasteiger partial charge >= 0.3 is 0 Å². The third-order valence-corrected chi connectivity index (χ3v) is 6.06. The molecule has 3 heterocycles. The van der Waals surface area contributed by atoms with E-state index < -0.39 is 10.2 Å². The Morgan fingerprint density at radius 3 is 2.82 bits per heavy atom. The molecule has 0 saturated carbocycles. The van der Waals surface area contributed by atoms with Crippen molar-refractivity contribution >= 4 is 16.1 Å². The van der Waals surface area contributed by atoms with Gasteiger partial charge in [-0.05, 0) is 23.3 Å². The molecule has 0 bridgehead atoms. The standard InChI is InChI=1S/C18H23N5O4S/c1-21(2)28(26,27)20-11-14-9-15-12-23(8-6-16(15)19-10-14)18(25)13-22-7-4-3-5-17(22)24/h3-5,7,9-10,20H,6,8,11-13H2,1-2H3. The van der Waals surface area contributed by atoms with Crippen LogP contribution in [0.1, 0.15) is 16.8 Å². The number of amides is 1. The van der Waals surface area contributed by atoms with E-state index in [1.165, 1.54) is 24.7 Å². The maximum absolute atomic E-state index is 12.6. The molecule has 0 atom stereocenters. The van der Waals surface area contributed by atoms with E-state index in [0.29, 0.717) is 19.5 Å². The summed E-state index contributed by atoms with van der Waals surface area (Å²) in [5, 5.41) is 0. The minimum absolute atomic E-state index is 0.00917. The summed E-state index contributed by atoms with van der Waals surface area (Å²) in [4.78, 5) is 30.5. The van der Waals surface area contributed by atoms with E-state index in [1.54, 1.807) is 29.4 Å². The highest BCUT2D eigenvalue weighted by Gasteiger charge is 2.22. The summed E-state index contributed by atoms with van der Waals surface area (Å²) in [5.74, 6) is -0.141. The molecule has 28 heavy (non-hydrogen) atoms. The molecule has 1 aliphatic heterocycles. The Bertz CT molecular complexity index is 1030. The van der Waals surface area contributed by atoms with Gasteiger partial charge in [0, 0.05) is 64.3 Å². The normalized spacial score (nSPS) is 14.2. The number of carbonyl (C=O) groups is 1. The molecule has 0 spiro atoms. The van der Waals surface area contributed by atoms with Crippen molar-refractivity contribution in [2.75, 3.05) is 20.6 Å². The van der Waals surface area contributed by atoms with Gasteiger partial charge in [0.2, 0.25) is 5.91 Å². The molecular weight excluding hydrogens is 382 g/mol. The van der Waals surface area contributed by atoms with Crippen molar-refractivity contribution in [2.45, 2.75) is 26.1 Å². The van der Waals surface area contributed by atoms with Crippen LogP contribution in [0.2, 0.25) is 0 Å². The molecule has 1 amide bonds. The highest BCUT2D eigenvalue weighted by atomic mass is 32.2. The Morgan fingerprint density at radius 2 is 2.11 bits per heavy atom. The van der Waals surface area contributed by atoms with Crippen LogP contribution in [0, 0.1) is 0 Å². The highest BCUT2D eigenvalue weighted by Crippen LogP contribution is 2.19. The molecular formula is C18H23N5O4S. The number of hydrogen-bond acceptors (Lipinski definition) is 5. The second-order valence-electron chi connectivity index (χ2n) is 6.79. The lowest BCUT2D eigenvalue weighted by Gasteiger charge is -2.29. The first kappa shape index (κ1) is 20.2. The molecule has 0 aliphatic carbocycles. The van der Waals surface area contributed by atoms with Gasteiger partial charge in [-0.2, -0.15) is 17.4 Å². The molecule has 0 unspecified atom stereocenters. The van der Waals surface area contributed by atoms with Crippen molar-refractivity contribution in [3.63, 3.8) is 0 Å². The van der Waals surface area contributed by atoms with E-state index in [0.717, 1.165) is 21.1 Å². The quantitative estimate of drug-likeness (QED) is 0.712. The monoisotopic (exact) mass is 405 g/mol. The number of pyridine rings is 2. The van der Waals surface area contributed by atoms with Gasteiger partial charge < -0.3 is 9.47 Å². The van der Waals surface area contributed by atoms with Crippen LogP contribution in [0.4, 0.5) is 0 Å². The summed E-state index contributed by atoms with van der Waals surface area (Å²) in [6, 6.07) is 6.64. The topological polar surface area (TPSA) is 105 Å². The molecule has 0 radical (unpaired) electrons. The zero-order chi connectivity index (χ0) is 20.3. The van der Waals surface area contributed by atoms with E-state index in [9.17, 15) is 18.0 Å². The Hall–Kier alpha value is -2.56. The average molecular weight is 405 g/mol. The number of nitrogens with zero attached hydrogens (tertiary/aromatic N) is 4. The number of nitrogens with one attached hydrogen (secondary N) is 1. The Balaban J connectivity index is 1.69. The summed E-state index contributed by atoms with van der Waals surface area (Å²) in [6.07, 6.45) is 3.86. The minimum Gasteiger partial charge on any atom is -0.336 e. The largest absolute Gasteiger partial charge is 0.336 e. The lowest BCUT2D eigenvalue weighted by Crippen LogP contribution is -2.40. The van der Waals surface area contributed by atoms with Crippen LogP contribution >= 0.6 is 0 Å². The van der Waals surface area contributed by atoms with Crippen LogP contribution < -0.4 is 10.3 Å². The van der Waals surface area contributed by atoms with E-state index in [2.05, 4.69) is 9.71 Å². The van der Waals surface area contributed by atoms with Crippen LogP contribution in [0.15, 0.2) is 41.5 Å². The lowest BCUT2D eigenvalue weighted by atomic mass is 10.0. The predicted molar refractivity (Wildman–Crippen MR) is 104 cm³/mol. The van der Waals surface area contributed by atoms with E-state index >= 15 is 0 Å². The van der Waals surface area contributed by atoms with Crippen molar-refractivity contribution in [3.8, 4) is 0 Å². The lowest BCUT2D eigenvalue weighted by molar-refractivity contribution is -0.132. The first-order valence-electron chi connectivity index (χ1n) is 8.83. The number of carbonyl (C=O) groups excluding carboxylic acids is 1. The van der Waals surface area contributed by atoms with E-state index in [1.807, 2.05) is 6.07 Å². The maximum Gasteiger partial charge on any atom is 0.279 e. The van der Waals surface area contributed by atoms with Gasteiger partial charge in [-0.15, -0.1) is 0 Å². The SMILES string of the molecule is CN(C)S(=O)(=O)NCc1cnc2c(c1)CN(C(=O)Cn1ccccc1=O)CC2. The number of hydrogen-bond donors (Lipinski definition) is 1. The summed E-state index contributed by atoms with van der Waals surface area (Å²) in [5.41, 5.74) is 2.30. The van der Waals surface area contributed by atoms with Crippen molar-refractivity contribution < 1.29 is 13.2 Å². The van der Waals surface area contributed by atoms with Crippen LogP contribution in [0.25, 0.3) is 0 Å². The molecule has 2 aromatic heterocycles. The summed E-state index contributed by atoms with van der Waals surface area (Å²) in [6.45, 7) is 1.03. The van der Waals surface area contributed by atoms with Gasteiger partial charge in [-0.1, -0.05) is 6.07 Å². The smallest absolute Gasteiger partial charge is 0.279 e. The molecule has 1 N–H and O–H groups in total. The fourth-order valence-electron chi connectivity index (χ4n) is 2.93. The van der Waals surface area contributed by atoms with Gasteiger partial charge in [0.1, 0.15) is 6.54 Å². The number of aromatic nitrogens is 2. The zero-order valence-corrected chi connectivity index (χ0v) is 16.6. The third-order valence-electron chi connectivity index (χ3n) is 4.59. The van der Waals surface area contributed by atoms with Crippen LogP contribution in [0.3, 0.4) is 0 Å². The van der Waals surface area contributed by atoms with Crippen molar-refractivity contribution in [2.24, 2.45) is 0 Å².